The molecule has 0 N–H and O–H groups in total. The van der Waals surface area contributed by atoms with E-state index in [4.69, 9.17) is 4.74 Å². The van der Waals surface area contributed by atoms with Crippen LogP contribution >= 0.6 is 0 Å². The third-order valence-corrected chi connectivity index (χ3v) is 7.39. The third-order valence-electron chi connectivity index (χ3n) is 7.39. The third kappa shape index (κ3) is 5.10. The molecule has 0 amide bonds. The maximum absolute atomic E-state index is 6.11. The summed E-state index contributed by atoms with van der Waals surface area (Å²) in [4.78, 5) is 10.8. The molecule has 28 heavy (non-hydrogen) atoms. The van der Waals surface area contributed by atoms with Crippen LogP contribution < -0.4 is 0 Å². The number of hydrogen-bond acceptors (Lipinski definition) is 5. The molecule has 0 spiro atoms. The highest BCUT2D eigenvalue weighted by molar-refractivity contribution is 4.97. The lowest BCUT2D eigenvalue weighted by Gasteiger charge is -2.54. The summed E-state index contributed by atoms with van der Waals surface area (Å²) in [6.07, 6.45) is 1.20. The summed E-state index contributed by atoms with van der Waals surface area (Å²) in [6.45, 7) is 29.0. The van der Waals surface area contributed by atoms with Crippen LogP contribution in [0.1, 0.15) is 61.8 Å². The molecule has 0 aromatic heterocycles. The Morgan fingerprint density at radius 3 is 1.79 bits per heavy atom. The molecule has 3 aliphatic rings. The Labute approximate surface area is 174 Å². The Kier molecular flexibility index (Phi) is 6.54. The zero-order valence-electron chi connectivity index (χ0n) is 19.9. The molecule has 2 unspecified atom stereocenters. The van der Waals surface area contributed by atoms with Gasteiger partial charge in [-0.15, -0.1) is 0 Å². The molecule has 3 saturated heterocycles. The molecule has 3 aliphatic heterocycles. The van der Waals surface area contributed by atoms with Crippen LogP contribution in [0.15, 0.2) is 0 Å². The summed E-state index contributed by atoms with van der Waals surface area (Å²) in [5, 5.41) is 0. The number of piperazine rings is 2. The van der Waals surface area contributed by atoms with Crippen molar-refractivity contribution in [3.63, 3.8) is 0 Å². The van der Waals surface area contributed by atoms with E-state index >= 15 is 0 Å². The molecule has 5 nitrogen and oxygen atoms in total. The lowest BCUT2D eigenvalue weighted by atomic mass is 9.89. The highest BCUT2D eigenvalue weighted by Gasteiger charge is 2.42. The van der Waals surface area contributed by atoms with Gasteiger partial charge in [0.15, 0.2) is 0 Å². The van der Waals surface area contributed by atoms with Crippen molar-refractivity contribution in [2.75, 3.05) is 59.0 Å². The summed E-state index contributed by atoms with van der Waals surface area (Å²) in [5.74, 6) is 0. The van der Waals surface area contributed by atoms with Crippen LogP contribution in [0.3, 0.4) is 0 Å². The number of nitrogens with zero attached hydrogens (tertiary/aromatic N) is 4. The molecule has 0 aromatic rings. The van der Waals surface area contributed by atoms with Gasteiger partial charge in [-0.25, -0.2) is 0 Å². The van der Waals surface area contributed by atoms with Gasteiger partial charge in [0.1, 0.15) is 0 Å². The average Bonchev–Trinajstić information content (AvgIpc) is 2.60. The van der Waals surface area contributed by atoms with Crippen molar-refractivity contribution in [3.05, 3.63) is 0 Å². The van der Waals surface area contributed by atoms with Crippen molar-refractivity contribution in [2.24, 2.45) is 0 Å². The molecular formula is C23H46N4O. The average molecular weight is 395 g/mol. The molecular weight excluding hydrogens is 348 g/mol. The lowest BCUT2D eigenvalue weighted by Crippen LogP contribution is -2.66. The second-order valence-electron chi connectivity index (χ2n) is 11.9. The minimum absolute atomic E-state index is 0.223. The van der Waals surface area contributed by atoms with Gasteiger partial charge in [-0.3, -0.25) is 19.6 Å². The summed E-state index contributed by atoms with van der Waals surface area (Å²) in [5.41, 5.74) is 0.763. The topological polar surface area (TPSA) is 22.2 Å². The van der Waals surface area contributed by atoms with Crippen LogP contribution in [0.5, 0.6) is 0 Å². The number of hydrogen-bond donors (Lipinski definition) is 0. The monoisotopic (exact) mass is 394 g/mol. The number of rotatable bonds is 3. The van der Waals surface area contributed by atoms with E-state index in [1.165, 1.54) is 45.7 Å². The highest BCUT2D eigenvalue weighted by Crippen LogP contribution is 2.31. The van der Waals surface area contributed by atoms with E-state index in [9.17, 15) is 0 Å². The van der Waals surface area contributed by atoms with Crippen LogP contribution in [0.25, 0.3) is 0 Å². The Morgan fingerprint density at radius 1 is 0.679 bits per heavy atom. The van der Waals surface area contributed by atoms with Crippen molar-refractivity contribution in [2.45, 2.75) is 90.5 Å². The van der Waals surface area contributed by atoms with Crippen LogP contribution in [0.4, 0.5) is 0 Å². The quantitative estimate of drug-likeness (QED) is 0.732. The Bertz CT molecular complexity index is 514. The smallest absolute Gasteiger partial charge is 0.0635 e. The Morgan fingerprint density at radius 2 is 1.21 bits per heavy atom. The van der Waals surface area contributed by atoms with E-state index in [0.29, 0.717) is 12.1 Å². The first-order chi connectivity index (χ1) is 12.9. The largest absolute Gasteiger partial charge is 0.378 e. The van der Waals surface area contributed by atoms with Crippen LogP contribution in [0.2, 0.25) is 0 Å². The minimum atomic E-state index is 0.223. The van der Waals surface area contributed by atoms with Crippen LogP contribution in [-0.2, 0) is 4.74 Å². The van der Waals surface area contributed by atoms with Crippen molar-refractivity contribution in [1.82, 2.24) is 19.6 Å². The molecule has 3 heterocycles. The first kappa shape index (κ1) is 22.5. The zero-order valence-corrected chi connectivity index (χ0v) is 19.9. The van der Waals surface area contributed by atoms with Crippen LogP contribution in [0, 0.1) is 0 Å². The maximum atomic E-state index is 6.11. The molecule has 0 saturated carbocycles. The van der Waals surface area contributed by atoms with E-state index in [2.05, 4.69) is 75.0 Å². The van der Waals surface area contributed by atoms with E-state index in [1.807, 2.05) is 0 Å². The molecule has 3 rings (SSSR count). The van der Waals surface area contributed by atoms with E-state index < -0.39 is 0 Å². The first-order valence-electron chi connectivity index (χ1n) is 11.5. The van der Waals surface area contributed by atoms with Crippen molar-refractivity contribution >= 4 is 0 Å². The van der Waals surface area contributed by atoms with Gasteiger partial charge in [-0.2, -0.15) is 0 Å². The minimum Gasteiger partial charge on any atom is -0.378 e. The van der Waals surface area contributed by atoms with Gasteiger partial charge in [0.05, 0.1) is 13.2 Å². The second kappa shape index (κ2) is 8.14. The first-order valence-corrected chi connectivity index (χ1v) is 11.5. The summed E-state index contributed by atoms with van der Waals surface area (Å²) >= 11 is 0. The van der Waals surface area contributed by atoms with Gasteiger partial charge in [-0.1, -0.05) is 0 Å². The molecule has 3 fully saturated rings. The maximum Gasteiger partial charge on any atom is 0.0635 e. The van der Waals surface area contributed by atoms with Gasteiger partial charge < -0.3 is 4.74 Å². The fraction of sp³-hybridized carbons (Fsp3) is 1.00. The number of ether oxygens (including phenoxy) is 1. The standard InChI is InChI=1S/C23H46N4O/c1-21(2,3)24-9-11-25(12-10-24)23(7,8)15-19-17-28-18-20-16-26(22(4,5)6)13-14-27(19)20/h19-20H,9-18H2,1-8H3. The van der Waals surface area contributed by atoms with Gasteiger partial charge in [0, 0.05) is 74.5 Å². The van der Waals surface area contributed by atoms with Gasteiger partial charge >= 0.3 is 0 Å². The molecule has 5 heteroatoms. The second-order valence-corrected chi connectivity index (χ2v) is 11.9. The zero-order chi connectivity index (χ0) is 20.7. The van der Waals surface area contributed by atoms with E-state index in [1.54, 1.807) is 0 Å². The SMILES string of the molecule is CC(C)(C)N1CCN(C(C)(C)CC2COCC3CN(C(C)(C)C)CCN32)CC1. The summed E-state index contributed by atoms with van der Waals surface area (Å²) < 4.78 is 6.11. The van der Waals surface area contributed by atoms with Crippen molar-refractivity contribution < 1.29 is 4.74 Å². The molecule has 0 aromatic carbocycles. The van der Waals surface area contributed by atoms with Gasteiger partial charge in [-0.05, 0) is 61.8 Å². The predicted octanol–water partition coefficient (Wildman–Crippen LogP) is 2.75. The van der Waals surface area contributed by atoms with Crippen molar-refractivity contribution in [3.8, 4) is 0 Å². The summed E-state index contributed by atoms with van der Waals surface area (Å²) in [6, 6.07) is 1.11. The van der Waals surface area contributed by atoms with E-state index in [-0.39, 0.29) is 16.6 Å². The van der Waals surface area contributed by atoms with Crippen LogP contribution in [-0.4, -0.2) is 107 Å². The van der Waals surface area contributed by atoms with E-state index in [0.717, 1.165) is 19.8 Å². The number of fused-ring (bicyclic) bond motifs is 1. The molecule has 0 radical (unpaired) electrons. The normalized spacial score (nSPS) is 30.4. The Balaban J connectivity index is 1.58. The predicted molar refractivity (Wildman–Crippen MR) is 118 cm³/mol. The molecule has 0 bridgehead atoms. The summed E-state index contributed by atoms with van der Waals surface area (Å²) in [7, 11) is 0. The fourth-order valence-electron chi connectivity index (χ4n) is 5.41. The molecule has 0 aliphatic carbocycles. The van der Waals surface area contributed by atoms with Gasteiger partial charge in [0.25, 0.3) is 0 Å². The molecule has 164 valence electrons. The molecule has 2 atom stereocenters. The lowest BCUT2D eigenvalue weighted by molar-refractivity contribution is -0.107. The van der Waals surface area contributed by atoms with Gasteiger partial charge in [0.2, 0.25) is 0 Å². The van der Waals surface area contributed by atoms with Crippen molar-refractivity contribution in [1.29, 1.82) is 0 Å². The highest BCUT2D eigenvalue weighted by atomic mass is 16.5. The Hall–Kier alpha value is -0.200. The fourth-order valence-corrected chi connectivity index (χ4v) is 5.41. The number of morpholine rings is 1.